The Morgan fingerprint density at radius 2 is 2.14 bits per heavy atom. The fraction of sp³-hybridized carbons (Fsp3) is 0.562. The number of phenolic OH excluding ortho intramolecular Hbond substituents is 1. The second-order valence-corrected chi connectivity index (χ2v) is 5.80. The highest BCUT2D eigenvalue weighted by molar-refractivity contribution is 6.31. The molecule has 0 saturated heterocycles. The number of carbonyl (C=O) groups is 1. The first-order valence-corrected chi connectivity index (χ1v) is 7.80. The minimum absolute atomic E-state index is 0.0853. The van der Waals surface area contributed by atoms with Crippen molar-refractivity contribution in [3.8, 4) is 5.75 Å². The van der Waals surface area contributed by atoms with Crippen LogP contribution in [-0.4, -0.2) is 35.0 Å². The number of benzene rings is 1. The van der Waals surface area contributed by atoms with Crippen LogP contribution in [0.2, 0.25) is 5.02 Å². The molecule has 1 aromatic rings. The van der Waals surface area contributed by atoms with E-state index in [0.29, 0.717) is 30.6 Å². The van der Waals surface area contributed by atoms with Crippen LogP contribution in [0.3, 0.4) is 0 Å². The average Bonchev–Trinajstić information content (AvgIpc) is 2.45. The lowest BCUT2D eigenvalue weighted by molar-refractivity contribution is -0.120. The van der Waals surface area contributed by atoms with E-state index in [-0.39, 0.29) is 11.7 Å². The summed E-state index contributed by atoms with van der Waals surface area (Å²) in [6, 6.07) is 5.37. The standard InChI is InChI=1S/C16H25ClN2O2/c1-4-16(21)18-8-5-9-19(12(2)3)11-13-10-14(20)6-7-15(13)17/h6-7,10,12,20H,4-5,8-9,11H2,1-3H3,(H,18,21). The number of carbonyl (C=O) groups excluding carboxylic acids is 1. The number of phenols is 1. The normalized spacial score (nSPS) is 11.1. The van der Waals surface area contributed by atoms with Crippen LogP contribution in [0.1, 0.15) is 39.2 Å². The van der Waals surface area contributed by atoms with E-state index in [1.165, 1.54) is 0 Å². The molecule has 0 saturated carbocycles. The van der Waals surface area contributed by atoms with Crippen molar-refractivity contribution >= 4 is 17.5 Å². The highest BCUT2D eigenvalue weighted by Crippen LogP contribution is 2.23. The molecule has 1 amide bonds. The molecule has 0 aliphatic heterocycles. The maximum atomic E-state index is 11.2. The van der Waals surface area contributed by atoms with Crippen LogP contribution in [0.15, 0.2) is 18.2 Å². The van der Waals surface area contributed by atoms with Gasteiger partial charge in [0.25, 0.3) is 0 Å². The molecular weight excluding hydrogens is 288 g/mol. The fourth-order valence-corrected chi connectivity index (χ4v) is 2.23. The zero-order valence-corrected chi connectivity index (χ0v) is 13.8. The zero-order chi connectivity index (χ0) is 15.8. The Morgan fingerprint density at radius 3 is 2.76 bits per heavy atom. The van der Waals surface area contributed by atoms with Gasteiger partial charge in [-0.3, -0.25) is 9.69 Å². The zero-order valence-electron chi connectivity index (χ0n) is 13.0. The molecular formula is C16H25ClN2O2. The van der Waals surface area contributed by atoms with Crippen LogP contribution in [-0.2, 0) is 11.3 Å². The lowest BCUT2D eigenvalue weighted by Gasteiger charge is -2.27. The quantitative estimate of drug-likeness (QED) is 0.725. The summed E-state index contributed by atoms with van der Waals surface area (Å²) in [5, 5.41) is 13.1. The summed E-state index contributed by atoms with van der Waals surface area (Å²) in [5.74, 6) is 0.315. The predicted molar refractivity (Wildman–Crippen MR) is 86.6 cm³/mol. The van der Waals surface area contributed by atoms with Crippen molar-refractivity contribution in [1.29, 1.82) is 0 Å². The van der Waals surface area contributed by atoms with Crippen LogP contribution in [0, 0.1) is 0 Å². The molecule has 0 atom stereocenters. The average molecular weight is 313 g/mol. The van der Waals surface area contributed by atoms with E-state index in [4.69, 9.17) is 11.6 Å². The van der Waals surface area contributed by atoms with Gasteiger partial charge in [-0.05, 0) is 44.0 Å². The first-order valence-electron chi connectivity index (χ1n) is 7.42. The highest BCUT2D eigenvalue weighted by Gasteiger charge is 2.12. The first-order chi connectivity index (χ1) is 9.93. The lowest BCUT2D eigenvalue weighted by atomic mass is 10.1. The lowest BCUT2D eigenvalue weighted by Crippen LogP contribution is -2.34. The number of nitrogens with one attached hydrogen (secondary N) is 1. The van der Waals surface area contributed by atoms with E-state index in [1.807, 2.05) is 6.92 Å². The molecule has 0 bridgehead atoms. The van der Waals surface area contributed by atoms with Crippen LogP contribution >= 0.6 is 11.6 Å². The third-order valence-electron chi connectivity index (χ3n) is 3.40. The van der Waals surface area contributed by atoms with E-state index in [1.54, 1.807) is 18.2 Å². The molecule has 0 fully saturated rings. The summed E-state index contributed by atoms with van der Waals surface area (Å²) in [6.45, 7) is 8.34. The molecule has 0 spiro atoms. The van der Waals surface area contributed by atoms with Crippen molar-refractivity contribution in [3.63, 3.8) is 0 Å². The largest absolute Gasteiger partial charge is 0.508 e. The van der Waals surface area contributed by atoms with E-state index in [2.05, 4.69) is 24.1 Å². The van der Waals surface area contributed by atoms with E-state index in [9.17, 15) is 9.90 Å². The molecule has 0 aromatic heterocycles. The Morgan fingerprint density at radius 1 is 1.43 bits per heavy atom. The summed E-state index contributed by atoms with van der Waals surface area (Å²) < 4.78 is 0. The number of aromatic hydroxyl groups is 1. The van der Waals surface area contributed by atoms with Gasteiger partial charge in [-0.15, -0.1) is 0 Å². The maximum absolute atomic E-state index is 11.2. The van der Waals surface area contributed by atoms with Crippen molar-refractivity contribution in [2.75, 3.05) is 13.1 Å². The van der Waals surface area contributed by atoms with Gasteiger partial charge in [0.2, 0.25) is 5.91 Å². The smallest absolute Gasteiger partial charge is 0.219 e. The summed E-state index contributed by atoms with van der Waals surface area (Å²) >= 11 is 6.17. The summed E-state index contributed by atoms with van der Waals surface area (Å²) in [4.78, 5) is 13.5. The third-order valence-corrected chi connectivity index (χ3v) is 3.77. The Labute approximate surface area is 132 Å². The van der Waals surface area contributed by atoms with Gasteiger partial charge in [0, 0.05) is 37.1 Å². The number of rotatable bonds is 8. The van der Waals surface area contributed by atoms with Gasteiger partial charge < -0.3 is 10.4 Å². The molecule has 4 nitrogen and oxygen atoms in total. The van der Waals surface area contributed by atoms with Gasteiger partial charge in [-0.25, -0.2) is 0 Å². The SMILES string of the molecule is CCC(=O)NCCCN(Cc1cc(O)ccc1Cl)C(C)C. The van der Waals surface area contributed by atoms with Gasteiger partial charge in [-0.1, -0.05) is 18.5 Å². The molecule has 21 heavy (non-hydrogen) atoms. The minimum Gasteiger partial charge on any atom is -0.508 e. The predicted octanol–water partition coefficient (Wildman–Crippen LogP) is 3.17. The molecule has 0 aliphatic rings. The summed E-state index contributed by atoms with van der Waals surface area (Å²) in [6.07, 6.45) is 1.41. The fourth-order valence-electron chi connectivity index (χ4n) is 2.06. The number of halogens is 1. The van der Waals surface area contributed by atoms with E-state index >= 15 is 0 Å². The highest BCUT2D eigenvalue weighted by atomic mass is 35.5. The minimum atomic E-state index is 0.0853. The third kappa shape index (κ3) is 6.36. The Bertz CT molecular complexity index is 464. The van der Waals surface area contributed by atoms with Crippen molar-refractivity contribution in [1.82, 2.24) is 10.2 Å². The topological polar surface area (TPSA) is 52.6 Å². The van der Waals surface area contributed by atoms with Crippen molar-refractivity contribution in [2.45, 2.75) is 46.2 Å². The Kier molecular flexibility index (Phi) is 7.54. The van der Waals surface area contributed by atoms with Crippen LogP contribution in [0.4, 0.5) is 0 Å². The monoisotopic (exact) mass is 312 g/mol. The van der Waals surface area contributed by atoms with Gasteiger partial charge in [0.05, 0.1) is 0 Å². The van der Waals surface area contributed by atoms with Crippen molar-refractivity contribution in [3.05, 3.63) is 28.8 Å². The maximum Gasteiger partial charge on any atom is 0.219 e. The number of amides is 1. The molecule has 0 radical (unpaired) electrons. The van der Waals surface area contributed by atoms with Crippen LogP contribution < -0.4 is 5.32 Å². The number of hydrogen-bond donors (Lipinski definition) is 2. The second kappa shape index (κ2) is 8.90. The number of nitrogens with zero attached hydrogens (tertiary/aromatic N) is 1. The van der Waals surface area contributed by atoms with E-state index < -0.39 is 0 Å². The van der Waals surface area contributed by atoms with Crippen molar-refractivity contribution < 1.29 is 9.90 Å². The number of hydrogen-bond acceptors (Lipinski definition) is 3. The molecule has 0 unspecified atom stereocenters. The second-order valence-electron chi connectivity index (χ2n) is 5.40. The van der Waals surface area contributed by atoms with Gasteiger partial charge in [0.1, 0.15) is 5.75 Å². The van der Waals surface area contributed by atoms with Crippen LogP contribution in [0.25, 0.3) is 0 Å². The Balaban J connectivity index is 2.54. The molecule has 0 aliphatic carbocycles. The first kappa shape index (κ1) is 17.8. The summed E-state index contributed by atoms with van der Waals surface area (Å²) in [7, 11) is 0. The van der Waals surface area contributed by atoms with Gasteiger partial charge >= 0.3 is 0 Å². The molecule has 5 heteroatoms. The van der Waals surface area contributed by atoms with Gasteiger partial charge in [-0.2, -0.15) is 0 Å². The van der Waals surface area contributed by atoms with Crippen LogP contribution in [0.5, 0.6) is 5.75 Å². The molecule has 1 rings (SSSR count). The summed E-state index contributed by atoms with van der Waals surface area (Å²) in [5.41, 5.74) is 0.919. The molecule has 118 valence electrons. The van der Waals surface area contributed by atoms with Gasteiger partial charge in [0.15, 0.2) is 0 Å². The van der Waals surface area contributed by atoms with E-state index in [0.717, 1.165) is 18.5 Å². The molecule has 0 heterocycles. The molecule has 1 aromatic carbocycles. The van der Waals surface area contributed by atoms with Crippen molar-refractivity contribution in [2.24, 2.45) is 0 Å². The molecule has 2 N–H and O–H groups in total. The Hall–Kier alpha value is -1.26.